The van der Waals surface area contributed by atoms with Gasteiger partial charge in [0.1, 0.15) is 9.90 Å². The molecule has 0 radical (unpaired) electrons. The average Bonchev–Trinajstić information content (AvgIpc) is 3.11. The van der Waals surface area contributed by atoms with Crippen LogP contribution in [0.25, 0.3) is 9.88 Å². The zero-order valence-electron chi connectivity index (χ0n) is 14.8. The van der Waals surface area contributed by atoms with Gasteiger partial charge in [0.25, 0.3) is 10.0 Å². The lowest BCUT2D eigenvalue weighted by Gasteiger charge is -2.19. The topological polar surface area (TPSA) is 50.3 Å². The van der Waals surface area contributed by atoms with Gasteiger partial charge in [-0.1, -0.05) is 17.7 Å². The van der Waals surface area contributed by atoms with Crippen LogP contribution < -0.4 is 4.31 Å². The van der Waals surface area contributed by atoms with E-state index in [9.17, 15) is 8.42 Å². The van der Waals surface area contributed by atoms with Gasteiger partial charge in [0.05, 0.1) is 16.3 Å². The molecule has 0 aliphatic heterocycles. The molecule has 0 aliphatic rings. The predicted octanol–water partition coefficient (Wildman–Crippen LogP) is 4.93. The van der Waals surface area contributed by atoms with E-state index in [0.717, 1.165) is 30.9 Å². The summed E-state index contributed by atoms with van der Waals surface area (Å²) in [5.41, 5.74) is 2.74. The molecule has 3 rings (SSSR count). The van der Waals surface area contributed by atoms with Crippen LogP contribution in [-0.2, 0) is 10.0 Å². The fourth-order valence-electron chi connectivity index (χ4n) is 2.45. The molecular weight excluding hydrogens is 372 g/mol. The molecule has 0 unspecified atom stereocenters. The van der Waals surface area contributed by atoms with Crippen LogP contribution >= 0.6 is 22.7 Å². The van der Waals surface area contributed by atoms with Gasteiger partial charge >= 0.3 is 0 Å². The highest BCUT2D eigenvalue weighted by Gasteiger charge is 2.26. The number of thiophene rings is 1. The van der Waals surface area contributed by atoms with Gasteiger partial charge in [0.2, 0.25) is 0 Å². The fraction of sp³-hybridized carbons (Fsp3) is 0.278. The van der Waals surface area contributed by atoms with E-state index in [1.54, 1.807) is 24.5 Å². The molecule has 2 heterocycles. The average molecular weight is 393 g/mol. The Morgan fingerprint density at radius 1 is 0.960 bits per heavy atom. The lowest BCUT2D eigenvalue weighted by Crippen LogP contribution is -2.26. The molecule has 0 bridgehead atoms. The van der Waals surface area contributed by atoms with Crippen LogP contribution in [-0.4, -0.2) is 20.4 Å². The van der Waals surface area contributed by atoms with Gasteiger partial charge in [-0.3, -0.25) is 4.31 Å². The number of aryl methyl sites for hydroxylation is 4. The van der Waals surface area contributed by atoms with Crippen molar-refractivity contribution in [2.75, 3.05) is 11.4 Å². The maximum absolute atomic E-state index is 13.1. The number of hydrogen-bond donors (Lipinski definition) is 0. The van der Waals surface area contributed by atoms with E-state index in [1.807, 2.05) is 52.0 Å². The molecule has 4 nitrogen and oxygen atoms in total. The highest BCUT2D eigenvalue weighted by atomic mass is 32.2. The van der Waals surface area contributed by atoms with E-state index in [4.69, 9.17) is 0 Å². The minimum atomic E-state index is -3.61. The Morgan fingerprint density at radius 3 is 2.16 bits per heavy atom. The van der Waals surface area contributed by atoms with Crippen molar-refractivity contribution >= 4 is 38.4 Å². The number of thiazole rings is 1. The van der Waals surface area contributed by atoms with Crippen LogP contribution in [0.15, 0.2) is 35.2 Å². The van der Waals surface area contributed by atoms with E-state index < -0.39 is 10.0 Å². The monoisotopic (exact) mass is 392 g/mol. The van der Waals surface area contributed by atoms with Crippen LogP contribution in [0, 0.1) is 27.7 Å². The number of anilines is 1. The Morgan fingerprint density at radius 2 is 1.60 bits per heavy atom. The third-order valence-electron chi connectivity index (χ3n) is 4.15. The molecule has 7 heteroatoms. The highest BCUT2D eigenvalue weighted by molar-refractivity contribution is 7.93. The second-order valence-electron chi connectivity index (χ2n) is 6.00. The summed E-state index contributed by atoms with van der Waals surface area (Å²) >= 11 is 3.07. The predicted molar refractivity (Wildman–Crippen MR) is 106 cm³/mol. The minimum Gasteiger partial charge on any atom is -0.269 e. The molecule has 0 atom stereocenters. The molecule has 0 fully saturated rings. The molecule has 25 heavy (non-hydrogen) atoms. The summed E-state index contributed by atoms with van der Waals surface area (Å²) < 4.78 is 27.5. The Kier molecular flexibility index (Phi) is 4.74. The lowest BCUT2D eigenvalue weighted by atomic mass is 10.2. The van der Waals surface area contributed by atoms with Gasteiger partial charge in [-0.25, -0.2) is 13.4 Å². The number of hydrogen-bond acceptors (Lipinski definition) is 5. The molecule has 0 N–H and O–H groups in total. The quantitative estimate of drug-likeness (QED) is 0.632. The molecule has 0 saturated heterocycles. The van der Waals surface area contributed by atoms with E-state index in [-0.39, 0.29) is 0 Å². The molecule has 1 aromatic carbocycles. The summed E-state index contributed by atoms with van der Waals surface area (Å²) in [4.78, 5) is 7.73. The summed E-state index contributed by atoms with van der Waals surface area (Å²) in [6.45, 7) is 7.82. The Bertz CT molecular complexity index is 996. The van der Waals surface area contributed by atoms with Crippen LogP contribution in [0.5, 0.6) is 0 Å². The van der Waals surface area contributed by atoms with Crippen molar-refractivity contribution in [3.63, 3.8) is 0 Å². The number of rotatable bonds is 4. The van der Waals surface area contributed by atoms with Gasteiger partial charge < -0.3 is 0 Å². The zero-order valence-corrected chi connectivity index (χ0v) is 17.3. The van der Waals surface area contributed by atoms with E-state index in [0.29, 0.717) is 10.6 Å². The van der Waals surface area contributed by atoms with Crippen molar-refractivity contribution < 1.29 is 8.42 Å². The molecule has 132 valence electrons. The Hall–Kier alpha value is -1.70. The number of sulfonamides is 1. The summed E-state index contributed by atoms with van der Waals surface area (Å²) in [7, 11) is -2.01. The normalized spacial score (nSPS) is 11.7. The second-order valence-corrected chi connectivity index (χ2v) is 10.4. The third-order valence-corrected chi connectivity index (χ3v) is 8.48. The maximum atomic E-state index is 13.1. The van der Waals surface area contributed by atoms with Crippen molar-refractivity contribution in [1.29, 1.82) is 0 Å². The molecule has 0 aliphatic carbocycles. The van der Waals surface area contributed by atoms with Crippen molar-refractivity contribution in [2.24, 2.45) is 0 Å². The highest BCUT2D eigenvalue weighted by Crippen LogP contribution is 2.37. The third kappa shape index (κ3) is 3.36. The van der Waals surface area contributed by atoms with Crippen LogP contribution in [0.2, 0.25) is 0 Å². The van der Waals surface area contributed by atoms with Crippen molar-refractivity contribution in [3.05, 3.63) is 51.3 Å². The van der Waals surface area contributed by atoms with Crippen molar-refractivity contribution in [2.45, 2.75) is 32.6 Å². The largest absolute Gasteiger partial charge is 0.269 e. The summed E-state index contributed by atoms with van der Waals surface area (Å²) in [5, 5.41) is 0.877. The number of nitrogens with zero attached hydrogens (tertiary/aromatic N) is 2. The van der Waals surface area contributed by atoms with Gasteiger partial charge in [-0.15, -0.1) is 22.7 Å². The SMILES string of the molecule is Cc1ccc(N(C)S(=O)(=O)c2cc(-c3nc(C)c(C)s3)sc2C)cc1. The van der Waals surface area contributed by atoms with Crippen LogP contribution in [0.1, 0.15) is 21.0 Å². The molecule has 0 saturated carbocycles. The van der Waals surface area contributed by atoms with E-state index >= 15 is 0 Å². The summed E-state index contributed by atoms with van der Waals surface area (Å²) in [6.07, 6.45) is 0. The standard InChI is InChI=1S/C18H20N2O2S3/c1-11-6-8-15(9-7-11)20(5)25(21,22)17-10-16(23-14(17)4)18-19-12(2)13(3)24-18/h6-10H,1-5H3. The molecule has 2 aromatic heterocycles. The summed E-state index contributed by atoms with van der Waals surface area (Å²) in [5.74, 6) is 0. The lowest BCUT2D eigenvalue weighted by molar-refractivity contribution is 0.594. The Balaban J connectivity index is 2.01. The number of benzene rings is 1. The molecule has 3 aromatic rings. The summed E-state index contributed by atoms with van der Waals surface area (Å²) in [6, 6.07) is 9.21. The molecular formula is C18H20N2O2S3. The first-order chi connectivity index (χ1) is 11.7. The fourth-order valence-corrected chi connectivity index (χ4v) is 6.16. The van der Waals surface area contributed by atoms with Crippen LogP contribution in [0.4, 0.5) is 5.69 Å². The van der Waals surface area contributed by atoms with E-state index in [1.165, 1.54) is 15.6 Å². The van der Waals surface area contributed by atoms with Gasteiger partial charge in [-0.05, 0) is 45.9 Å². The van der Waals surface area contributed by atoms with Gasteiger partial charge in [-0.2, -0.15) is 0 Å². The number of aromatic nitrogens is 1. The van der Waals surface area contributed by atoms with Crippen LogP contribution in [0.3, 0.4) is 0 Å². The minimum absolute atomic E-state index is 0.348. The molecule has 0 spiro atoms. The van der Waals surface area contributed by atoms with Gasteiger partial charge in [0, 0.05) is 16.8 Å². The van der Waals surface area contributed by atoms with Crippen molar-refractivity contribution in [3.8, 4) is 9.88 Å². The van der Waals surface area contributed by atoms with E-state index in [2.05, 4.69) is 4.98 Å². The second kappa shape index (κ2) is 6.55. The smallest absolute Gasteiger partial charge is 0.265 e. The first kappa shape index (κ1) is 18.1. The first-order valence-electron chi connectivity index (χ1n) is 7.80. The maximum Gasteiger partial charge on any atom is 0.265 e. The molecule has 0 amide bonds. The van der Waals surface area contributed by atoms with Crippen molar-refractivity contribution in [1.82, 2.24) is 4.98 Å². The zero-order chi connectivity index (χ0) is 18.4. The van der Waals surface area contributed by atoms with Gasteiger partial charge in [0.15, 0.2) is 0 Å². The Labute approximate surface area is 156 Å². The first-order valence-corrected chi connectivity index (χ1v) is 10.9.